The summed E-state index contributed by atoms with van der Waals surface area (Å²) in [5.74, 6) is -1.29. The predicted octanol–water partition coefficient (Wildman–Crippen LogP) is 2.61. The molecular formula is C13H10ClNO3. The molecule has 1 heterocycles. The molecule has 92 valence electrons. The Labute approximate surface area is 108 Å². The quantitative estimate of drug-likeness (QED) is 0.866. The zero-order valence-electron chi connectivity index (χ0n) is 9.55. The van der Waals surface area contributed by atoms with Gasteiger partial charge in [-0.15, -0.1) is 0 Å². The molecule has 0 atom stereocenters. The van der Waals surface area contributed by atoms with E-state index in [-0.39, 0.29) is 11.3 Å². The van der Waals surface area contributed by atoms with Crippen LogP contribution in [0, 0.1) is 0 Å². The number of hydrogen-bond acceptors (Lipinski definition) is 2. The number of hydrogen-bond donors (Lipinski definition) is 1. The zero-order valence-corrected chi connectivity index (χ0v) is 10.3. The number of benzene rings is 1. The first-order chi connectivity index (χ1) is 8.49. The van der Waals surface area contributed by atoms with Crippen LogP contribution in [0.4, 0.5) is 0 Å². The minimum Gasteiger partial charge on any atom is -0.478 e. The smallest absolute Gasteiger partial charge is 0.337 e. The normalized spacial score (nSPS) is 10.3. The highest BCUT2D eigenvalue weighted by Gasteiger charge is 2.16. The number of halogens is 1. The third-order valence-corrected chi connectivity index (χ3v) is 2.84. The van der Waals surface area contributed by atoms with Gasteiger partial charge in [-0.2, -0.15) is 0 Å². The van der Waals surface area contributed by atoms with Crippen LogP contribution >= 0.6 is 11.6 Å². The summed E-state index contributed by atoms with van der Waals surface area (Å²) in [5, 5.41) is 9.42. The van der Waals surface area contributed by atoms with Gasteiger partial charge in [0.15, 0.2) is 0 Å². The molecule has 0 aliphatic rings. The molecule has 0 radical (unpaired) electrons. The maximum atomic E-state index is 12.2. The van der Waals surface area contributed by atoms with Crippen molar-refractivity contribution >= 4 is 23.4 Å². The Balaban J connectivity index is 2.39. The summed E-state index contributed by atoms with van der Waals surface area (Å²) < 4.78 is 1.50. The SMILES string of the molecule is Cn1cc(C(=O)O)cc1C(=O)c1ccc(Cl)cc1. The summed E-state index contributed by atoms with van der Waals surface area (Å²) in [5.41, 5.74) is 0.891. The number of carboxylic acid groups (broad SMARTS) is 1. The molecule has 2 aromatic rings. The molecule has 1 N–H and O–H groups in total. The Kier molecular flexibility index (Phi) is 3.21. The summed E-state index contributed by atoms with van der Waals surface area (Å²) in [6, 6.07) is 7.82. The van der Waals surface area contributed by atoms with Gasteiger partial charge in [-0.25, -0.2) is 4.79 Å². The highest BCUT2D eigenvalue weighted by molar-refractivity contribution is 6.30. The molecule has 5 heteroatoms. The van der Waals surface area contributed by atoms with Crippen molar-refractivity contribution in [1.82, 2.24) is 4.57 Å². The van der Waals surface area contributed by atoms with Crippen LogP contribution in [-0.4, -0.2) is 21.4 Å². The first kappa shape index (κ1) is 12.4. The van der Waals surface area contributed by atoms with E-state index in [0.717, 1.165) is 0 Å². The lowest BCUT2D eigenvalue weighted by molar-refractivity contribution is 0.0697. The summed E-state index contributed by atoms with van der Waals surface area (Å²) in [7, 11) is 1.63. The molecule has 4 nitrogen and oxygen atoms in total. The molecule has 0 saturated heterocycles. The average Bonchev–Trinajstić information content (AvgIpc) is 2.71. The lowest BCUT2D eigenvalue weighted by Gasteiger charge is -2.02. The molecule has 0 bridgehead atoms. The Hall–Kier alpha value is -2.07. The van der Waals surface area contributed by atoms with Crippen LogP contribution in [0.1, 0.15) is 26.4 Å². The van der Waals surface area contributed by atoms with E-state index in [0.29, 0.717) is 16.3 Å². The summed E-state index contributed by atoms with van der Waals surface area (Å²) in [6.07, 6.45) is 1.41. The third-order valence-electron chi connectivity index (χ3n) is 2.59. The van der Waals surface area contributed by atoms with Crippen LogP contribution in [0.15, 0.2) is 36.5 Å². The van der Waals surface area contributed by atoms with Gasteiger partial charge < -0.3 is 9.67 Å². The van der Waals surface area contributed by atoms with Gasteiger partial charge in [-0.05, 0) is 30.3 Å². The molecule has 1 aromatic carbocycles. The standard InChI is InChI=1S/C13H10ClNO3/c1-15-7-9(13(17)18)6-11(15)12(16)8-2-4-10(14)5-3-8/h2-7H,1H3,(H,17,18). The second kappa shape index (κ2) is 4.66. The highest BCUT2D eigenvalue weighted by Crippen LogP contribution is 2.15. The Morgan fingerprint density at radius 1 is 1.17 bits per heavy atom. The highest BCUT2D eigenvalue weighted by atomic mass is 35.5. The third kappa shape index (κ3) is 2.28. The van der Waals surface area contributed by atoms with E-state index in [1.807, 2.05) is 0 Å². The molecule has 0 fully saturated rings. The molecule has 0 aliphatic heterocycles. The van der Waals surface area contributed by atoms with Crippen LogP contribution in [0.5, 0.6) is 0 Å². The molecule has 18 heavy (non-hydrogen) atoms. The van der Waals surface area contributed by atoms with E-state index in [1.165, 1.54) is 16.8 Å². The van der Waals surface area contributed by atoms with Gasteiger partial charge >= 0.3 is 5.97 Å². The van der Waals surface area contributed by atoms with E-state index in [1.54, 1.807) is 31.3 Å². The molecule has 0 saturated carbocycles. The van der Waals surface area contributed by atoms with Crippen LogP contribution in [0.3, 0.4) is 0 Å². The minimum atomic E-state index is -1.05. The van der Waals surface area contributed by atoms with E-state index < -0.39 is 5.97 Å². The zero-order chi connectivity index (χ0) is 13.3. The van der Waals surface area contributed by atoms with Crippen LogP contribution in [0.25, 0.3) is 0 Å². The lowest BCUT2D eigenvalue weighted by Crippen LogP contribution is -2.06. The number of ketones is 1. The van der Waals surface area contributed by atoms with Crippen molar-refractivity contribution in [1.29, 1.82) is 0 Å². The van der Waals surface area contributed by atoms with Gasteiger partial charge in [0.05, 0.1) is 11.3 Å². The van der Waals surface area contributed by atoms with Crippen molar-refractivity contribution in [3.05, 3.63) is 58.4 Å². The first-order valence-electron chi connectivity index (χ1n) is 5.19. The van der Waals surface area contributed by atoms with Gasteiger partial charge in [0.1, 0.15) is 0 Å². The lowest BCUT2D eigenvalue weighted by atomic mass is 10.1. The summed E-state index contributed by atoms with van der Waals surface area (Å²) in [4.78, 5) is 23.0. The van der Waals surface area contributed by atoms with E-state index in [2.05, 4.69) is 0 Å². The number of carbonyl (C=O) groups is 2. The van der Waals surface area contributed by atoms with Gasteiger partial charge in [0.2, 0.25) is 5.78 Å². The first-order valence-corrected chi connectivity index (χ1v) is 5.57. The molecule has 0 amide bonds. The molecule has 0 aliphatic carbocycles. The fourth-order valence-electron chi connectivity index (χ4n) is 1.66. The monoisotopic (exact) mass is 263 g/mol. The molecule has 0 spiro atoms. The van der Waals surface area contributed by atoms with Gasteiger partial charge in [-0.1, -0.05) is 11.6 Å². The van der Waals surface area contributed by atoms with Crippen molar-refractivity contribution in [2.45, 2.75) is 0 Å². The number of carbonyl (C=O) groups excluding carboxylic acids is 1. The van der Waals surface area contributed by atoms with Crippen molar-refractivity contribution in [3.8, 4) is 0 Å². The molecule has 2 rings (SSSR count). The number of rotatable bonds is 3. The van der Waals surface area contributed by atoms with Gasteiger partial charge in [-0.3, -0.25) is 4.79 Å². The fourth-order valence-corrected chi connectivity index (χ4v) is 1.78. The average molecular weight is 264 g/mol. The second-order valence-electron chi connectivity index (χ2n) is 3.87. The van der Waals surface area contributed by atoms with Gasteiger partial charge in [0.25, 0.3) is 0 Å². The number of carboxylic acids is 1. The Morgan fingerprint density at radius 2 is 1.78 bits per heavy atom. The van der Waals surface area contributed by atoms with Crippen molar-refractivity contribution in [2.75, 3.05) is 0 Å². The summed E-state index contributed by atoms with van der Waals surface area (Å²) in [6.45, 7) is 0. The number of aromatic nitrogens is 1. The van der Waals surface area contributed by atoms with Gasteiger partial charge in [0, 0.05) is 23.8 Å². The number of aromatic carboxylic acids is 1. The topological polar surface area (TPSA) is 59.3 Å². The Bertz CT molecular complexity index is 614. The van der Waals surface area contributed by atoms with E-state index in [9.17, 15) is 9.59 Å². The van der Waals surface area contributed by atoms with Crippen molar-refractivity contribution in [2.24, 2.45) is 7.05 Å². The van der Waals surface area contributed by atoms with Crippen molar-refractivity contribution in [3.63, 3.8) is 0 Å². The Morgan fingerprint density at radius 3 is 2.28 bits per heavy atom. The molecule has 1 aromatic heterocycles. The van der Waals surface area contributed by atoms with Crippen LogP contribution in [-0.2, 0) is 7.05 Å². The predicted molar refractivity (Wildman–Crippen MR) is 67.3 cm³/mol. The minimum absolute atomic E-state index is 0.0924. The molecular weight excluding hydrogens is 254 g/mol. The number of aryl methyl sites for hydroxylation is 1. The maximum absolute atomic E-state index is 12.2. The van der Waals surface area contributed by atoms with Crippen molar-refractivity contribution < 1.29 is 14.7 Å². The maximum Gasteiger partial charge on any atom is 0.337 e. The fraction of sp³-hybridized carbons (Fsp3) is 0.0769. The molecule has 0 unspecified atom stereocenters. The second-order valence-corrected chi connectivity index (χ2v) is 4.30. The largest absolute Gasteiger partial charge is 0.478 e. The number of nitrogens with zero attached hydrogens (tertiary/aromatic N) is 1. The van der Waals surface area contributed by atoms with Crippen LogP contribution < -0.4 is 0 Å². The van der Waals surface area contributed by atoms with Crippen LogP contribution in [0.2, 0.25) is 5.02 Å². The van der Waals surface area contributed by atoms with E-state index in [4.69, 9.17) is 16.7 Å². The summed E-state index contributed by atoms with van der Waals surface area (Å²) >= 11 is 5.75. The van der Waals surface area contributed by atoms with E-state index >= 15 is 0 Å².